The Labute approximate surface area is 120 Å². The molecule has 6 heteroatoms. The normalized spacial score (nSPS) is 10.8. The minimum Gasteiger partial charge on any atom is -0.374 e. The molecule has 19 heavy (non-hydrogen) atoms. The first-order valence-electron chi connectivity index (χ1n) is 5.85. The third-order valence-corrected chi connectivity index (χ3v) is 3.74. The standard InChI is InChI=1S/C13H13ClN2O2S/c1-2-18-7-9(17)8-19-13-12(14)15-10-5-3-4-6-11(10)16-13/h3-6H,2,7-8H2,1H3. The maximum absolute atomic E-state index is 11.5. The second-order valence-corrected chi connectivity index (χ2v) is 5.09. The zero-order valence-corrected chi connectivity index (χ0v) is 12.0. The molecule has 0 radical (unpaired) electrons. The van der Waals surface area contributed by atoms with E-state index in [1.165, 1.54) is 11.8 Å². The SMILES string of the molecule is CCOCC(=O)CSc1nc2ccccc2nc1Cl. The van der Waals surface area contributed by atoms with Crippen molar-refractivity contribution in [1.29, 1.82) is 0 Å². The van der Waals surface area contributed by atoms with Crippen LogP contribution in [-0.2, 0) is 9.53 Å². The topological polar surface area (TPSA) is 52.1 Å². The van der Waals surface area contributed by atoms with Crippen LogP contribution in [-0.4, -0.2) is 34.7 Å². The average Bonchev–Trinajstić information content (AvgIpc) is 2.42. The van der Waals surface area contributed by atoms with E-state index in [9.17, 15) is 4.79 Å². The van der Waals surface area contributed by atoms with Gasteiger partial charge in [-0.3, -0.25) is 4.79 Å². The Kier molecular flexibility index (Phi) is 5.13. The van der Waals surface area contributed by atoms with Crippen LogP contribution in [0.1, 0.15) is 6.92 Å². The number of hydrogen-bond donors (Lipinski definition) is 0. The molecule has 1 heterocycles. The lowest BCUT2D eigenvalue weighted by Gasteiger charge is -2.04. The Morgan fingerprint density at radius 2 is 2.00 bits per heavy atom. The van der Waals surface area contributed by atoms with Crippen molar-refractivity contribution < 1.29 is 9.53 Å². The molecule has 0 spiro atoms. The number of thioether (sulfide) groups is 1. The van der Waals surface area contributed by atoms with Crippen LogP contribution in [0.25, 0.3) is 11.0 Å². The van der Waals surface area contributed by atoms with Crippen LogP contribution in [0.2, 0.25) is 5.15 Å². The van der Waals surface area contributed by atoms with Crippen molar-refractivity contribution in [3.63, 3.8) is 0 Å². The molecule has 4 nitrogen and oxygen atoms in total. The van der Waals surface area contributed by atoms with Gasteiger partial charge in [0.2, 0.25) is 0 Å². The van der Waals surface area contributed by atoms with Gasteiger partial charge in [0.25, 0.3) is 0 Å². The van der Waals surface area contributed by atoms with Gasteiger partial charge in [-0.1, -0.05) is 35.5 Å². The number of rotatable bonds is 6. The van der Waals surface area contributed by atoms with Gasteiger partial charge < -0.3 is 4.74 Å². The van der Waals surface area contributed by atoms with Crippen LogP contribution < -0.4 is 0 Å². The summed E-state index contributed by atoms with van der Waals surface area (Å²) in [6, 6.07) is 7.49. The molecule has 0 aliphatic heterocycles. The maximum atomic E-state index is 11.5. The van der Waals surface area contributed by atoms with Crippen molar-refractivity contribution in [2.24, 2.45) is 0 Å². The fourth-order valence-corrected chi connectivity index (χ4v) is 2.47. The summed E-state index contributed by atoms with van der Waals surface area (Å²) in [6.45, 7) is 2.52. The van der Waals surface area contributed by atoms with E-state index in [2.05, 4.69) is 9.97 Å². The van der Waals surface area contributed by atoms with Crippen LogP contribution in [0.5, 0.6) is 0 Å². The minimum atomic E-state index is 0.0119. The Morgan fingerprint density at radius 1 is 1.32 bits per heavy atom. The summed E-state index contributed by atoms with van der Waals surface area (Å²) in [5.41, 5.74) is 1.52. The van der Waals surface area contributed by atoms with Crippen molar-refractivity contribution >= 4 is 40.2 Å². The van der Waals surface area contributed by atoms with E-state index < -0.39 is 0 Å². The number of aromatic nitrogens is 2. The van der Waals surface area contributed by atoms with Crippen LogP contribution in [0.3, 0.4) is 0 Å². The summed E-state index contributed by atoms with van der Waals surface area (Å²) >= 11 is 7.34. The molecule has 1 aromatic carbocycles. The van der Waals surface area contributed by atoms with Gasteiger partial charge in [-0.2, -0.15) is 0 Å². The molecule has 0 saturated heterocycles. The highest BCUT2D eigenvalue weighted by Crippen LogP contribution is 2.25. The number of hydrogen-bond acceptors (Lipinski definition) is 5. The maximum Gasteiger partial charge on any atom is 0.168 e. The van der Waals surface area contributed by atoms with Gasteiger partial charge in [0.15, 0.2) is 10.9 Å². The van der Waals surface area contributed by atoms with E-state index in [0.29, 0.717) is 16.8 Å². The Bertz CT molecular complexity index is 592. The van der Waals surface area contributed by atoms with Gasteiger partial charge in [-0.25, -0.2) is 9.97 Å². The molecule has 2 rings (SSSR count). The minimum absolute atomic E-state index is 0.0119. The number of Topliss-reactive ketones (excluding diaryl/α,β-unsaturated/α-hetero) is 1. The molecule has 0 aliphatic carbocycles. The third kappa shape index (κ3) is 3.89. The predicted octanol–water partition coefficient (Wildman–Crippen LogP) is 2.98. The number of nitrogens with zero attached hydrogens (tertiary/aromatic N) is 2. The molecule has 0 atom stereocenters. The van der Waals surface area contributed by atoms with Crippen LogP contribution in [0.4, 0.5) is 0 Å². The quantitative estimate of drug-likeness (QED) is 0.767. The molecule has 0 fully saturated rings. The summed E-state index contributed by atoms with van der Waals surface area (Å²) < 4.78 is 5.05. The number of benzene rings is 1. The van der Waals surface area contributed by atoms with E-state index in [0.717, 1.165) is 11.0 Å². The summed E-state index contributed by atoms with van der Waals surface area (Å²) in [7, 11) is 0. The van der Waals surface area contributed by atoms with E-state index in [-0.39, 0.29) is 18.1 Å². The second kappa shape index (κ2) is 6.84. The lowest BCUT2D eigenvalue weighted by atomic mass is 10.3. The van der Waals surface area contributed by atoms with Gasteiger partial charge >= 0.3 is 0 Å². The number of halogens is 1. The van der Waals surface area contributed by atoms with Gasteiger partial charge in [-0.05, 0) is 19.1 Å². The zero-order chi connectivity index (χ0) is 13.7. The molecule has 1 aromatic heterocycles. The lowest BCUT2D eigenvalue weighted by molar-refractivity contribution is -0.120. The number of carbonyl (C=O) groups excluding carboxylic acids is 1. The lowest BCUT2D eigenvalue weighted by Crippen LogP contribution is -2.11. The summed E-state index contributed by atoms with van der Waals surface area (Å²) in [6.07, 6.45) is 0. The number of para-hydroxylation sites is 2. The van der Waals surface area contributed by atoms with Crippen LogP contribution in [0, 0.1) is 0 Å². The highest BCUT2D eigenvalue weighted by Gasteiger charge is 2.10. The monoisotopic (exact) mass is 296 g/mol. The molecular weight excluding hydrogens is 284 g/mol. The molecule has 0 amide bonds. The van der Waals surface area contributed by atoms with Crippen LogP contribution in [0.15, 0.2) is 29.3 Å². The molecule has 0 aliphatic rings. The van der Waals surface area contributed by atoms with E-state index in [1.54, 1.807) is 0 Å². The molecular formula is C13H13ClN2O2S. The van der Waals surface area contributed by atoms with Gasteiger partial charge in [0, 0.05) is 6.61 Å². The van der Waals surface area contributed by atoms with Crippen molar-refractivity contribution in [3.8, 4) is 0 Å². The smallest absolute Gasteiger partial charge is 0.168 e. The molecule has 0 bridgehead atoms. The predicted molar refractivity (Wildman–Crippen MR) is 76.8 cm³/mol. The van der Waals surface area contributed by atoms with Gasteiger partial charge in [0.1, 0.15) is 11.6 Å². The van der Waals surface area contributed by atoms with E-state index in [4.69, 9.17) is 16.3 Å². The number of ether oxygens (including phenoxy) is 1. The van der Waals surface area contributed by atoms with E-state index >= 15 is 0 Å². The number of fused-ring (bicyclic) bond motifs is 1. The molecule has 2 aromatic rings. The van der Waals surface area contributed by atoms with Crippen molar-refractivity contribution in [3.05, 3.63) is 29.4 Å². The van der Waals surface area contributed by atoms with Gasteiger partial charge in [-0.15, -0.1) is 0 Å². The third-order valence-electron chi connectivity index (χ3n) is 2.34. The van der Waals surface area contributed by atoms with Crippen molar-refractivity contribution in [2.45, 2.75) is 11.9 Å². The molecule has 0 unspecified atom stereocenters. The first kappa shape index (κ1) is 14.2. The molecule has 0 N–H and O–H groups in total. The fraction of sp³-hybridized carbons (Fsp3) is 0.308. The Hall–Kier alpha value is -1.17. The molecule has 0 saturated carbocycles. The van der Waals surface area contributed by atoms with Crippen LogP contribution >= 0.6 is 23.4 Å². The number of carbonyl (C=O) groups is 1. The summed E-state index contributed by atoms with van der Waals surface area (Å²) in [4.78, 5) is 20.2. The molecule has 100 valence electrons. The highest BCUT2D eigenvalue weighted by molar-refractivity contribution is 8.00. The Morgan fingerprint density at radius 3 is 2.68 bits per heavy atom. The largest absolute Gasteiger partial charge is 0.374 e. The second-order valence-electron chi connectivity index (χ2n) is 3.77. The first-order chi connectivity index (χ1) is 9.20. The van der Waals surface area contributed by atoms with Crippen molar-refractivity contribution in [2.75, 3.05) is 19.0 Å². The average molecular weight is 297 g/mol. The van der Waals surface area contributed by atoms with E-state index in [1.807, 2.05) is 31.2 Å². The summed E-state index contributed by atoms with van der Waals surface area (Å²) in [5, 5.41) is 0.901. The highest BCUT2D eigenvalue weighted by atomic mass is 35.5. The first-order valence-corrected chi connectivity index (χ1v) is 7.21. The number of ketones is 1. The summed E-state index contributed by atoms with van der Waals surface area (Å²) in [5.74, 6) is 0.296. The fourth-order valence-electron chi connectivity index (χ4n) is 1.46. The van der Waals surface area contributed by atoms with Gasteiger partial charge in [0.05, 0.1) is 16.8 Å². The van der Waals surface area contributed by atoms with Crippen molar-refractivity contribution in [1.82, 2.24) is 9.97 Å². The Balaban J connectivity index is 2.08. The zero-order valence-electron chi connectivity index (χ0n) is 10.4.